The summed E-state index contributed by atoms with van der Waals surface area (Å²) in [6, 6.07) is 15.2. The summed E-state index contributed by atoms with van der Waals surface area (Å²) in [5, 5.41) is 10.3. The first-order chi connectivity index (χ1) is 13.8. The van der Waals surface area contributed by atoms with Gasteiger partial charge in [0.05, 0.1) is 28.5 Å². The van der Waals surface area contributed by atoms with E-state index in [9.17, 15) is 13.7 Å². The minimum Gasteiger partial charge on any atom is -0.480 e. The summed E-state index contributed by atoms with van der Waals surface area (Å²) >= 11 is 12.4. The van der Waals surface area contributed by atoms with Gasteiger partial charge in [-0.1, -0.05) is 42.3 Å². The number of nitrogens with zero attached hydrogens (tertiary/aromatic N) is 2. The molecule has 0 spiro atoms. The molecule has 8 heteroatoms. The van der Waals surface area contributed by atoms with Gasteiger partial charge in [0, 0.05) is 16.1 Å². The van der Waals surface area contributed by atoms with Crippen LogP contribution >= 0.6 is 23.2 Å². The van der Waals surface area contributed by atoms with Crippen LogP contribution in [0.25, 0.3) is 22.4 Å². The average Bonchev–Trinajstić information content (AvgIpc) is 2.73. The number of hydrogen-bond donors (Lipinski definition) is 0. The van der Waals surface area contributed by atoms with Crippen molar-refractivity contribution in [3.8, 4) is 34.3 Å². The number of benzene rings is 2. The highest BCUT2D eigenvalue weighted by Crippen LogP contribution is 2.38. The number of hydrogen-bond acceptors (Lipinski definition) is 5. The molecule has 0 aliphatic heterocycles. The maximum Gasteiger partial charge on any atom is 0.232 e. The van der Waals surface area contributed by atoms with Gasteiger partial charge in [0.15, 0.2) is 9.84 Å². The van der Waals surface area contributed by atoms with Gasteiger partial charge in [-0.15, -0.1) is 0 Å². The lowest BCUT2D eigenvalue weighted by Crippen LogP contribution is -2.03. The topological polar surface area (TPSA) is 80.0 Å². The van der Waals surface area contributed by atoms with E-state index < -0.39 is 9.84 Å². The number of methoxy groups -OCH3 is 1. The predicted octanol–water partition coefficient (Wildman–Crippen LogP) is 5.40. The highest BCUT2D eigenvalue weighted by atomic mass is 35.5. The predicted molar refractivity (Wildman–Crippen MR) is 114 cm³/mol. The van der Waals surface area contributed by atoms with E-state index in [0.29, 0.717) is 32.4 Å². The van der Waals surface area contributed by atoms with Gasteiger partial charge in [0.2, 0.25) is 5.88 Å². The zero-order valence-corrected chi connectivity index (χ0v) is 17.9. The summed E-state index contributed by atoms with van der Waals surface area (Å²) in [7, 11) is -1.89. The van der Waals surface area contributed by atoms with Crippen LogP contribution in [-0.2, 0) is 9.84 Å². The third-order valence-electron chi connectivity index (χ3n) is 4.39. The maximum absolute atomic E-state index is 12.1. The molecular weight excluding hydrogens is 431 g/mol. The fourth-order valence-electron chi connectivity index (χ4n) is 2.85. The van der Waals surface area contributed by atoms with Gasteiger partial charge in [-0.2, -0.15) is 5.26 Å². The molecule has 148 valence electrons. The zero-order valence-electron chi connectivity index (χ0n) is 15.6. The molecule has 3 aromatic rings. The first kappa shape index (κ1) is 21.1. The molecule has 0 fully saturated rings. The van der Waals surface area contributed by atoms with E-state index in [4.69, 9.17) is 27.9 Å². The molecule has 0 aliphatic rings. The highest BCUT2D eigenvalue weighted by Gasteiger charge is 2.19. The maximum atomic E-state index is 12.1. The number of pyridine rings is 1. The van der Waals surface area contributed by atoms with Crippen molar-refractivity contribution >= 4 is 33.0 Å². The van der Waals surface area contributed by atoms with Gasteiger partial charge < -0.3 is 4.74 Å². The SMILES string of the molecule is CCS(=O)(=O)c1ccc(-c2cc(C#N)c(OC)nc2-c2ccc(Cl)cc2Cl)cc1. The summed E-state index contributed by atoms with van der Waals surface area (Å²) in [6.07, 6.45) is 0. The van der Waals surface area contributed by atoms with Crippen LogP contribution in [0.5, 0.6) is 5.88 Å². The first-order valence-electron chi connectivity index (χ1n) is 8.58. The zero-order chi connectivity index (χ0) is 21.2. The van der Waals surface area contributed by atoms with E-state index in [0.717, 1.165) is 0 Å². The Balaban J connectivity index is 2.26. The Morgan fingerprint density at radius 2 is 1.76 bits per heavy atom. The van der Waals surface area contributed by atoms with Crippen molar-refractivity contribution in [1.29, 1.82) is 5.26 Å². The molecule has 0 unspecified atom stereocenters. The molecule has 0 saturated heterocycles. The second-order valence-electron chi connectivity index (χ2n) is 6.11. The summed E-state index contributed by atoms with van der Waals surface area (Å²) < 4.78 is 29.4. The number of sulfone groups is 1. The average molecular weight is 447 g/mol. The number of ether oxygens (including phenoxy) is 1. The van der Waals surface area contributed by atoms with Crippen LogP contribution in [0.3, 0.4) is 0 Å². The van der Waals surface area contributed by atoms with Crippen molar-refractivity contribution in [1.82, 2.24) is 4.98 Å². The summed E-state index contributed by atoms with van der Waals surface area (Å²) in [4.78, 5) is 4.73. The Kier molecular flexibility index (Phi) is 6.13. The minimum absolute atomic E-state index is 0.0145. The molecule has 0 atom stereocenters. The molecule has 1 heterocycles. The molecule has 0 aliphatic carbocycles. The van der Waals surface area contributed by atoms with Crippen LogP contribution in [0.4, 0.5) is 0 Å². The van der Waals surface area contributed by atoms with E-state index in [1.807, 2.05) is 0 Å². The van der Waals surface area contributed by atoms with Crippen LogP contribution in [0, 0.1) is 11.3 Å². The molecule has 0 N–H and O–H groups in total. The Morgan fingerprint density at radius 1 is 1.07 bits per heavy atom. The third kappa shape index (κ3) is 4.23. The lowest BCUT2D eigenvalue weighted by Gasteiger charge is -2.14. The van der Waals surface area contributed by atoms with E-state index >= 15 is 0 Å². The number of nitriles is 1. The molecule has 3 rings (SSSR count). The number of rotatable bonds is 5. The molecular formula is C21H16Cl2N2O3S. The summed E-state index contributed by atoms with van der Waals surface area (Å²) in [6.45, 7) is 1.59. The molecule has 0 radical (unpaired) electrons. The monoisotopic (exact) mass is 446 g/mol. The second-order valence-corrected chi connectivity index (χ2v) is 9.23. The van der Waals surface area contributed by atoms with Crippen molar-refractivity contribution in [2.75, 3.05) is 12.9 Å². The number of aromatic nitrogens is 1. The van der Waals surface area contributed by atoms with Crippen LogP contribution < -0.4 is 4.74 Å². The van der Waals surface area contributed by atoms with Gasteiger partial charge in [0.25, 0.3) is 0 Å². The van der Waals surface area contributed by atoms with Gasteiger partial charge in [-0.3, -0.25) is 0 Å². The summed E-state index contributed by atoms with van der Waals surface area (Å²) in [5.74, 6) is 0.183. The highest BCUT2D eigenvalue weighted by molar-refractivity contribution is 7.91. The van der Waals surface area contributed by atoms with Crippen molar-refractivity contribution in [2.24, 2.45) is 0 Å². The van der Waals surface area contributed by atoms with E-state index in [1.54, 1.807) is 43.3 Å². The fraction of sp³-hybridized carbons (Fsp3) is 0.143. The van der Waals surface area contributed by atoms with Gasteiger partial charge >= 0.3 is 0 Å². The molecule has 0 amide bonds. The first-order valence-corrected chi connectivity index (χ1v) is 11.0. The number of halogens is 2. The normalized spacial score (nSPS) is 11.1. The Bertz CT molecular complexity index is 1220. The van der Waals surface area contributed by atoms with E-state index in [1.165, 1.54) is 19.2 Å². The van der Waals surface area contributed by atoms with Crippen LogP contribution in [0.1, 0.15) is 12.5 Å². The lowest BCUT2D eigenvalue weighted by atomic mass is 9.98. The Morgan fingerprint density at radius 3 is 2.31 bits per heavy atom. The molecule has 1 aromatic heterocycles. The van der Waals surface area contributed by atoms with E-state index in [2.05, 4.69) is 11.1 Å². The standard InChI is InChI=1S/C21H16Cl2N2O3S/c1-3-29(26,27)16-7-4-13(5-8-16)18-10-14(12-24)21(28-2)25-20(18)17-9-6-15(22)11-19(17)23/h4-11H,3H2,1-2H3. The van der Waals surface area contributed by atoms with Gasteiger partial charge in [0.1, 0.15) is 11.6 Å². The van der Waals surface area contributed by atoms with Crippen LogP contribution in [-0.4, -0.2) is 26.3 Å². The summed E-state index contributed by atoms with van der Waals surface area (Å²) in [5.41, 5.74) is 2.66. The van der Waals surface area contributed by atoms with E-state index in [-0.39, 0.29) is 22.1 Å². The fourth-order valence-corrected chi connectivity index (χ4v) is 4.23. The molecule has 5 nitrogen and oxygen atoms in total. The van der Waals surface area contributed by atoms with Crippen molar-refractivity contribution < 1.29 is 13.2 Å². The quantitative estimate of drug-likeness (QED) is 0.524. The van der Waals surface area contributed by atoms with Crippen molar-refractivity contribution in [3.05, 3.63) is 64.1 Å². The van der Waals surface area contributed by atoms with Crippen molar-refractivity contribution in [2.45, 2.75) is 11.8 Å². The largest absolute Gasteiger partial charge is 0.480 e. The van der Waals surface area contributed by atoms with Gasteiger partial charge in [-0.25, -0.2) is 13.4 Å². The second kappa shape index (κ2) is 8.42. The minimum atomic E-state index is -3.32. The molecule has 29 heavy (non-hydrogen) atoms. The van der Waals surface area contributed by atoms with Crippen LogP contribution in [0.2, 0.25) is 10.0 Å². The molecule has 0 saturated carbocycles. The van der Waals surface area contributed by atoms with Crippen molar-refractivity contribution in [3.63, 3.8) is 0 Å². The van der Waals surface area contributed by atoms with Gasteiger partial charge in [-0.05, 0) is 42.0 Å². The lowest BCUT2D eigenvalue weighted by molar-refractivity contribution is 0.397. The molecule has 2 aromatic carbocycles. The molecule has 0 bridgehead atoms. The Labute approximate surface area is 179 Å². The third-order valence-corrected chi connectivity index (χ3v) is 6.69. The Hall–Kier alpha value is -2.59. The smallest absolute Gasteiger partial charge is 0.232 e. The van der Waals surface area contributed by atoms with Crippen LogP contribution in [0.15, 0.2) is 53.4 Å².